The summed E-state index contributed by atoms with van der Waals surface area (Å²) in [5, 5.41) is 0.590. The minimum Gasteiger partial charge on any atom is -0.369 e. The molecule has 4 nitrogen and oxygen atoms in total. The Bertz CT molecular complexity index is 706. The van der Waals surface area contributed by atoms with Gasteiger partial charge in [-0.25, -0.2) is 4.98 Å². The third-order valence-electron chi connectivity index (χ3n) is 4.30. The number of aromatic nitrogens is 2. The first-order chi connectivity index (χ1) is 11.3. The summed E-state index contributed by atoms with van der Waals surface area (Å²) in [5.41, 5.74) is 0.00888. The largest absolute Gasteiger partial charge is 0.416 e. The SMILES string of the molecule is Cn1c(Cl)cnc1CN1CCN(c2cccc(C(F)(F)F)c2)CC1. The molecule has 1 aliphatic heterocycles. The van der Waals surface area contributed by atoms with E-state index in [1.54, 1.807) is 12.3 Å². The molecule has 2 heterocycles. The summed E-state index contributed by atoms with van der Waals surface area (Å²) >= 11 is 5.98. The molecule has 0 spiro atoms. The van der Waals surface area contributed by atoms with E-state index in [0.717, 1.165) is 25.0 Å². The van der Waals surface area contributed by atoms with Crippen molar-refractivity contribution < 1.29 is 13.2 Å². The Morgan fingerprint density at radius 3 is 2.46 bits per heavy atom. The van der Waals surface area contributed by atoms with Crippen LogP contribution in [-0.2, 0) is 19.8 Å². The Hall–Kier alpha value is -1.73. The average molecular weight is 359 g/mol. The lowest BCUT2D eigenvalue weighted by Crippen LogP contribution is -2.46. The molecule has 1 saturated heterocycles. The second-order valence-corrected chi connectivity index (χ2v) is 6.25. The molecule has 0 atom stereocenters. The zero-order valence-electron chi connectivity index (χ0n) is 13.2. The maximum Gasteiger partial charge on any atom is 0.416 e. The standard InChI is InChI=1S/C16H18ClF3N4/c1-22-14(17)10-21-15(22)11-23-5-7-24(8-6-23)13-4-2-3-12(9-13)16(18,19)20/h2-4,9-10H,5-8,11H2,1H3. The molecule has 1 aromatic heterocycles. The number of nitrogens with zero attached hydrogens (tertiary/aromatic N) is 4. The monoisotopic (exact) mass is 358 g/mol. The van der Waals surface area contributed by atoms with Crippen molar-refractivity contribution in [2.75, 3.05) is 31.1 Å². The molecule has 1 fully saturated rings. The van der Waals surface area contributed by atoms with Crippen molar-refractivity contribution in [1.82, 2.24) is 14.5 Å². The predicted octanol–water partition coefficient (Wildman–Crippen LogP) is 3.41. The topological polar surface area (TPSA) is 24.3 Å². The van der Waals surface area contributed by atoms with Crippen molar-refractivity contribution in [2.24, 2.45) is 7.05 Å². The number of hydrogen-bond donors (Lipinski definition) is 0. The average Bonchev–Trinajstić information content (AvgIpc) is 2.87. The Kier molecular flexibility index (Phi) is 4.73. The molecule has 8 heteroatoms. The highest BCUT2D eigenvalue weighted by molar-refractivity contribution is 6.29. The maximum absolute atomic E-state index is 12.8. The van der Waals surface area contributed by atoms with E-state index in [1.807, 2.05) is 16.5 Å². The van der Waals surface area contributed by atoms with Gasteiger partial charge in [-0.15, -0.1) is 0 Å². The number of piperazine rings is 1. The molecular weight excluding hydrogens is 341 g/mol. The third-order valence-corrected chi connectivity index (χ3v) is 4.65. The molecule has 130 valence electrons. The summed E-state index contributed by atoms with van der Waals surface area (Å²) in [6, 6.07) is 5.50. The molecule has 0 N–H and O–H groups in total. The van der Waals surface area contributed by atoms with Gasteiger partial charge >= 0.3 is 6.18 Å². The Labute approximate surface area is 143 Å². The Morgan fingerprint density at radius 2 is 1.88 bits per heavy atom. The predicted molar refractivity (Wildman–Crippen MR) is 87.2 cm³/mol. The van der Waals surface area contributed by atoms with Gasteiger partial charge in [0, 0.05) is 38.9 Å². The van der Waals surface area contributed by atoms with Crippen molar-refractivity contribution in [3.05, 3.63) is 47.0 Å². The summed E-state index contributed by atoms with van der Waals surface area (Å²) in [7, 11) is 1.86. The van der Waals surface area contributed by atoms with Crippen LogP contribution in [0, 0.1) is 0 Å². The molecule has 0 bridgehead atoms. The highest BCUT2D eigenvalue weighted by Crippen LogP contribution is 2.31. The van der Waals surface area contributed by atoms with Gasteiger partial charge in [-0.1, -0.05) is 17.7 Å². The molecule has 0 aliphatic carbocycles. The number of imidazole rings is 1. The molecule has 0 amide bonds. The van der Waals surface area contributed by atoms with Crippen molar-refractivity contribution in [3.8, 4) is 0 Å². The zero-order chi connectivity index (χ0) is 17.3. The van der Waals surface area contributed by atoms with Crippen LogP contribution in [0.1, 0.15) is 11.4 Å². The number of anilines is 1. The quantitative estimate of drug-likeness (QED) is 0.840. The first kappa shape index (κ1) is 17.1. The van der Waals surface area contributed by atoms with E-state index in [9.17, 15) is 13.2 Å². The number of halogens is 4. The van der Waals surface area contributed by atoms with Gasteiger partial charge in [0.15, 0.2) is 0 Å². The van der Waals surface area contributed by atoms with Crippen molar-refractivity contribution in [3.63, 3.8) is 0 Å². The van der Waals surface area contributed by atoms with Gasteiger partial charge in [-0.3, -0.25) is 4.90 Å². The molecule has 24 heavy (non-hydrogen) atoms. The van der Waals surface area contributed by atoms with Gasteiger partial charge in [-0.2, -0.15) is 13.2 Å². The molecule has 1 aromatic carbocycles. The number of hydrogen-bond acceptors (Lipinski definition) is 3. The van der Waals surface area contributed by atoms with E-state index < -0.39 is 11.7 Å². The summed E-state index contributed by atoms with van der Waals surface area (Å²) in [5.74, 6) is 0.882. The fraction of sp³-hybridized carbons (Fsp3) is 0.438. The van der Waals surface area contributed by atoms with E-state index >= 15 is 0 Å². The molecule has 3 rings (SSSR count). The summed E-state index contributed by atoms with van der Waals surface area (Å²) in [6.07, 6.45) is -2.69. The van der Waals surface area contributed by atoms with E-state index in [0.29, 0.717) is 30.5 Å². The molecule has 2 aromatic rings. The zero-order valence-corrected chi connectivity index (χ0v) is 14.0. The van der Waals surface area contributed by atoms with E-state index in [1.165, 1.54) is 12.1 Å². The second-order valence-electron chi connectivity index (χ2n) is 5.87. The molecule has 1 aliphatic rings. The van der Waals surface area contributed by atoms with Crippen LogP contribution in [0.15, 0.2) is 30.5 Å². The third kappa shape index (κ3) is 3.67. The van der Waals surface area contributed by atoms with E-state index in [2.05, 4.69) is 9.88 Å². The van der Waals surface area contributed by atoms with Crippen LogP contribution in [-0.4, -0.2) is 40.6 Å². The summed E-state index contributed by atoms with van der Waals surface area (Å²) in [4.78, 5) is 8.48. The first-order valence-electron chi connectivity index (χ1n) is 7.65. The normalized spacial score (nSPS) is 16.6. The number of benzene rings is 1. The minimum atomic E-state index is -4.31. The highest BCUT2D eigenvalue weighted by atomic mass is 35.5. The maximum atomic E-state index is 12.8. The molecule has 0 unspecified atom stereocenters. The summed E-state index contributed by atoms with van der Waals surface area (Å²) in [6.45, 7) is 3.57. The van der Waals surface area contributed by atoms with Gasteiger partial charge in [0.25, 0.3) is 0 Å². The van der Waals surface area contributed by atoms with Crippen molar-refractivity contribution in [1.29, 1.82) is 0 Å². The highest BCUT2D eigenvalue weighted by Gasteiger charge is 2.31. The van der Waals surface area contributed by atoms with Gasteiger partial charge in [0.2, 0.25) is 0 Å². The van der Waals surface area contributed by atoms with Crippen LogP contribution in [0.2, 0.25) is 5.15 Å². The van der Waals surface area contributed by atoms with Crippen LogP contribution >= 0.6 is 11.6 Å². The number of rotatable bonds is 3. The lowest BCUT2D eigenvalue weighted by molar-refractivity contribution is -0.137. The first-order valence-corrected chi connectivity index (χ1v) is 8.03. The van der Waals surface area contributed by atoms with Gasteiger partial charge in [-0.05, 0) is 18.2 Å². The fourth-order valence-corrected chi connectivity index (χ4v) is 2.96. The molecular formula is C16H18ClF3N4. The Balaban J connectivity index is 1.62. The number of alkyl halides is 3. The van der Waals surface area contributed by atoms with Crippen LogP contribution in [0.5, 0.6) is 0 Å². The lowest BCUT2D eigenvalue weighted by atomic mass is 10.1. The van der Waals surface area contributed by atoms with E-state index in [4.69, 9.17) is 11.6 Å². The molecule has 0 saturated carbocycles. The van der Waals surface area contributed by atoms with Crippen molar-refractivity contribution >= 4 is 17.3 Å². The van der Waals surface area contributed by atoms with Gasteiger partial charge in [0.1, 0.15) is 11.0 Å². The smallest absolute Gasteiger partial charge is 0.369 e. The Morgan fingerprint density at radius 1 is 1.17 bits per heavy atom. The van der Waals surface area contributed by atoms with Crippen LogP contribution < -0.4 is 4.90 Å². The fourth-order valence-electron chi connectivity index (χ4n) is 2.81. The summed E-state index contributed by atoms with van der Waals surface area (Å²) < 4.78 is 40.3. The van der Waals surface area contributed by atoms with Crippen LogP contribution in [0.3, 0.4) is 0 Å². The second kappa shape index (κ2) is 6.64. The van der Waals surface area contributed by atoms with Gasteiger partial charge in [0.05, 0.1) is 18.3 Å². The van der Waals surface area contributed by atoms with Gasteiger partial charge < -0.3 is 9.47 Å². The lowest BCUT2D eigenvalue weighted by Gasteiger charge is -2.36. The van der Waals surface area contributed by atoms with E-state index in [-0.39, 0.29) is 0 Å². The minimum absolute atomic E-state index is 0.590. The van der Waals surface area contributed by atoms with Crippen LogP contribution in [0.4, 0.5) is 18.9 Å². The van der Waals surface area contributed by atoms with Crippen molar-refractivity contribution in [2.45, 2.75) is 12.7 Å². The van der Waals surface area contributed by atoms with Crippen LogP contribution in [0.25, 0.3) is 0 Å². The molecule has 0 radical (unpaired) electrons.